The van der Waals surface area contributed by atoms with Crippen molar-refractivity contribution < 1.29 is 9.53 Å². The summed E-state index contributed by atoms with van der Waals surface area (Å²) in [6.45, 7) is 9.16. The van der Waals surface area contributed by atoms with Gasteiger partial charge in [0.2, 0.25) is 0 Å². The third-order valence-electron chi connectivity index (χ3n) is 3.98. The minimum Gasteiger partial charge on any atom is -0.368 e. The van der Waals surface area contributed by atoms with Crippen LogP contribution in [0.25, 0.3) is 0 Å². The molecule has 0 aromatic rings. The Morgan fingerprint density at radius 2 is 1.91 bits per heavy atom. The fourth-order valence-electron chi connectivity index (χ4n) is 2.74. The molecule has 2 aliphatic rings. The van der Waals surface area contributed by atoms with Gasteiger partial charge in [-0.25, -0.2) is 0 Å². The molecule has 0 spiro atoms. The summed E-state index contributed by atoms with van der Waals surface area (Å²) in [4.78, 5) is 20.8. The molecule has 6 nitrogen and oxygen atoms in total. The quantitative estimate of drug-likeness (QED) is 0.420. The maximum atomic E-state index is 12.3. The van der Waals surface area contributed by atoms with E-state index >= 15 is 0 Å². The number of nitrogens with one attached hydrogen (secondary N) is 1. The van der Waals surface area contributed by atoms with E-state index in [1.807, 2.05) is 11.9 Å². The molecule has 0 aromatic heterocycles. The monoisotopic (exact) mass is 424 g/mol. The number of hydrogen-bond donors (Lipinski definition) is 1. The molecule has 1 N–H and O–H groups in total. The summed E-state index contributed by atoms with van der Waals surface area (Å²) in [5.74, 6) is 1.69. The Bertz CT molecular complexity index is 376. The van der Waals surface area contributed by atoms with E-state index < -0.39 is 0 Å². The first-order valence-corrected chi connectivity index (χ1v) is 7.97. The lowest BCUT2D eigenvalue weighted by atomic mass is 10.2. The van der Waals surface area contributed by atoms with Crippen LogP contribution in [0.4, 0.5) is 0 Å². The molecule has 0 aliphatic carbocycles. The fraction of sp³-hybridized carbons (Fsp3) is 0.867. The van der Waals surface area contributed by atoms with Crippen molar-refractivity contribution in [1.29, 1.82) is 0 Å². The lowest BCUT2D eigenvalue weighted by Gasteiger charge is -2.37. The van der Waals surface area contributed by atoms with E-state index in [0.29, 0.717) is 5.92 Å². The minimum atomic E-state index is -0.199. The summed E-state index contributed by atoms with van der Waals surface area (Å²) < 4.78 is 5.49. The molecule has 22 heavy (non-hydrogen) atoms. The van der Waals surface area contributed by atoms with Crippen LogP contribution in [0, 0.1) is 5.92 Å². The van der Waals surface area contributed by atoms with Gasteiger partial charge in [-0.05, 0) is 18.8 Å². The Hall–Kier alpha value is -0.570. The Balaban J connectivity index is 0.00000242. The zero-order valence-electron chi connectivity index (χ0n) is 13.9. The van der Waals surface area contributed by atoms with Gasteiger partial charge in [0.1, 0.15) is 6.10 Å². The van der Waals surface area contributed by atoms with Crippen LogP contribution in [0.5, 0.6) is 0 Å². The zero-order valence-corrected chi connectivity index (χ0v) is 16.2. The fourth-order valence-corrected chi connectivity index (χ4v) is 2.74. The molecule has 0 radical (unpaired) electrons. The summed E-state index contributed by atoms with van der Waals surface area (Å²) >= 11 is 0. The Kier molecular flexibility index (Phi) is 8.45. The Morgan fingerprint density at radius 1 is 1.27 bits per heavy atom. The van der Waals surface area contributed by atoms with Gasteiger partial charge in [0.05, 0.1) is 0 Å². The van der Waals surface area contributed by atoms with Crippen molar-refractivity contribution >= 4 is 35.8 Å². The van der Waals surface area contributed by atoms with E-state index in [-0.39, 0.29) is 36.0 Å². The van der Waals surface area contributed by atoms with Crippen molar-refractivity contribution in [3.63, 3.8) is 0 Å². The first-order chi connectivity index (χ1) is 10.1. The number of ether oxygens (including phenoxy) is 1. The normalized spacial score (nSPS) is 22.7. The minimum absolute atomic E-state index is 0. The average Bonchev–Trinajstić information content (AvgIpc) is 3.02. The van der Waals surface area contributed by atoms with Gasteiger partial charge < -0.3 is 19.9 Å². The van der Waals surface area contributed by atoms with Crippen molar-refractivity contribution in [2.45, 2.75) is 32.8 Å². The van der Waals surface area contributed by atoms with Crippen molar-refractivity contribution in [3.8, 4) is 0 Å². The van der Waals surface area contributed by atoms with Crippen LogP contribution in [0.2, 0.25) is 0 Å². The lowest BCUT2D eigenvalue weighted by molar-refractivity contribution is -0.142. The predicted octanol–water partition coefficient (Wildman–Crippen LogP) is 1.16. The molecule has 2 rings (SSSR count). The molecule has 2 fully saturated rings. The highest BCUT2D eigenvalue weighted by Crippen LogP contribution is 2.16. The number of rotatable bonds is 3. The number of hydrogen-bond acceptors (Lipinski definition) is 3. The number of guanidine groups is 1. The third kappa shape index (κ3) is 5.26. The molecule has 0 bridgehead atoms. The number of amides is 1. The van der Waals surface area contributed by atoms with Crippen LogP contribution in [0.1, 0.15) is 26.7 Å². The number of nitrogens with zero attached hydrogens (tertiary/aromatic N) is 3. The Labute approximate surface area is 150 Å². The molecule has 7 heteroatoms. The summed E-state index contributed by atoms with van der Waals surface area (Å²) in [6.07, 6.45) is 1.67. The third-order valence-corrected chi connectivity index (χ3v) is 3.98. The molecule has 0 saturated carbocycles. The summed E-state index contributed by atoms with van der Waals surface area (Å²) in [5.41, 5.74) is 0. The second kappa shape index (κ2) is 9.54. The van der Waals surface area contributed by atoms with Crippen molar-refractivity contribution in [3.05, 3.63) is 0 Å². The van der Waals surface area contributed by atoms with Crippen LogP contribution in [0.15, 0.2) is 4.99 Å². The van der Waals surface area contributed by atoms with Gasteiger partial charge in [-0.3, -0.25) is 9.79 Å². The molecule has 2 heterocycles. The number of piperazine rings is 1. The highest BCUT2D eigenvalue weighted by Gasteiger charge is 2.30. The SMILES string of the molecule is CN=C(NCC(C)C)N1CCN(C(=O)C2CCCO2)CC1.I. The molecule has 0 aromatic carbocycles. The number of halogens is 1. The summed E-state index contributed by atoms with van der Waals surface area (Å²) in [5, 5.41) is 3.39. The molecular weight excluding hydrogens is 395 g/mol. The van der Waals surface area contributed by atoms with Crippen molar-refractivity contribution in [2.24, 2.45) is 10.9 Å². The van der Waals surface area contributed by atoms with Gasteiger partial charge in [-0.15, -0.1) is 24.0 Å². The van der Waals surface area contributed by atoms with Gasteiger partial charge in [0, 0.05) is 46.4 Å². The molecule has 2 aliphatic heterocycles. The van der Waals surface area contributed by atoms with E-state index in [0.717, 1.165) is 58.1 Å². The van der Waals surface area contributed by atoms with Crippen LogP contribution < -0.4 is 5.32 Å². The second-order valence-electron chi connectivity index (χ2n) is 6.14. The molecule has 128 valence electrons. The standard InChI is InChI=1S/C15H28N4O2.HI/c1-12(2)11-17-15(16-3)19-8-6-18(7-9-19)14(20)13-5-4-10-21-13;/h12-13H,4-11H2,1-3H3,(H,16,17);1H. The van der Waals surface area contributed by atoms with Crippen molar-refractivity contribution in [1.82, 2.24) is 15.1 Å². The summed E-state index contributed by atoms with van der Waals surface area (Å²) in [6, 6.07) is 0. The smallest absolute Gasteiger partial charge is 0.251 e. The largest absolute Gasteiger partial charge is 0.368 e. The van der Waals surface area contributed by atoms with E-state index in [4.69, 9.17) is 4.74 Å². The van der Waals surface area contributed by atoms with E-state index in [1.165, 1.54) is 0 Å². The molecule has 2 saturated heterocycles. The number of carbonyl (C=O) groups is 1. The zero-order chi connectivity index (χ0) is 15.2. The Morgan fingerprint density at radius 3 is 2.41 bits per heavy atom. The maximum Gasteiger partial charge on any atom is 0.251 e. The molecular formula is C15H29IN4O2. The van der Waals surface area contributed by atoms with Crippen LogP contribution in [0.3, 0.4) is 0 Å². The highest BCUT2D eigenvalue weighted by atomic mass is 127. The van der Waals surface area contributed by atoms with Crippen molar-refractivity contribution in [2.75, 3.05) is 46.4 Å². The number of aliphatic imine (C=N–C) groups is 1. The van der Waals surface area contributed by atoms with E-state index in [2.05, 4.69) is 29.1 Å². The molecule has 1 atom stereocenters. The summed E-state index contributed by atoms with van der Waals surface area (Å²) in [7, 11) is 1.81. The first kappa shape index (κ1) is 19.5. The second-order valence-corrected chi connectivity index (χ2v) is 6.14. The average molecular weight is 424 g/mol. The lowest BCUT2D eigenvalue weighted by Crippen LogP contribution is -2.55. The van der Waals surface area contributed by atoms with Crippen LogP contribution in [-0.4, -0.2) is 74.1 Å². The van der Waals surface area contributed by atoms with Gasteiger partial charge in [-0.2, -0.15) is 0 Å². The van der Waals surface area contributed by atoms with Gasteiger partial charge >= 0.3 is 0 Å². The topological polar surface area (TPSA) is 57.2 Å². The molecule has 1 amide bonds. The van der Waals surface area contributed by atoms with Crippen LogP contribution >= 0.6 is 24.0 Å². The van der Waals surface area contributed by atoms with E-state index in [1.54, 1.807) is 0 Å². The van der Waals surface area contributed by atoms with E-state index in [9.17, 15) is 4.79 Å². The highest BCUT2D eigenvalue weighted by molar-refractivity contribution is 14.0. The van der Waals surface area contributed by atoms with Gasteiger partial charge in [0.15, 0.2) is 5.96 Å². The molecule has 1 unspecified atom stereocenters. The van der Waals surface area contributed by atoms with Gasteiger partial charge in [-0.1, -0.05) is 13.8 Å². The number of carbonyl (C=O) groups excluding carboxylic acids is 1. The van der Waals surface area contributed by atoms with Gasteiger partial charge in [0.25, 0.3) is 5.91 Å². The maximum absolute atomic E-state index is 12.3. The predicted molar refractivity (Wildman–Crippen MR) is 98.7 cm³/mol. The van der Waals surface area contributed by atoms with Crippen LogP contribution in [-0.2, 0) is 9.53 Å². The first-order valence-electron chi connectivity index (χ1n) is 7.97.